The van der Waals surface area contributed by atoms with Gasteiger partial charge in [-0.1, -0.05) is 19.3 Å². The summed E-state index contributed by atoms with van der Waals surface area (Å²) in [4.78, 5) is 11.0. The second kappa shape index (κ2) is 4.30. The molecule has 1 saturated heterocycles. The Balaban J connectivity index is 1.97. The zero-order chi connectivity index (χ0) is 9.97. The van der Waals surface area contributed by atoms with Gasteiger partial charge in [-0.15, -0.1) is 0 Å². The van der Waals surface area contributed by atoms with Crippen LogP contribution in [0.2, 0.25) is 0 Å². The van der Waals surface area contributed by atoms with Gasteiger partial charge >= 0.3 is 5.97 Å². The Morgan fingerprint density at radius 1 is 1.14 bits per heavy atom. The molecule has 3 nitrogen and oxygen atoms in total. The molecule has 0 aromatic carbocycles. The van der Waals surface area contributed by atoms with E-state index in [4.69, 9.17) is 5.11 Å². The lowest BCUT2D eigenvalue weighted by Gasteiger charge is -2.29. The number of aliphatic carboxylic acids is 1. The molecule has 2 atom stereocenters. The SMILES string of the molecule is O=C(O)[C@H]1CCN[C@@H]1C1CCCCC1. The van der Waals surface area contributed by atoms with Crippen molar-refractivity contribution in [3.05, 3.63) is 0 Å². The molecule has 0 radical (unpaired) electrons. The molecule has 80 valence electrons. The molecule has 2 fully saturated rings. The minimum atomic E-state index is -0.606. The van der Waals surface area contributed by atoms with Gasteiger partial charge < -0.3 is 10.4 Å². The molecule has 2 N–H and O–H groups in total. The Morgan fingerprint density at radius 3 is 2.50 bits per heavy atom. The summed E-state index contributed by atoms with van der Waals surface area (Å²) in [6.45, 7) is 0.887. The summed E-state index contributed by atoms with van der Waals surface area (Å²) in [5.74, 6) is -0.115. The molecule has 0 spiro atoms. The largest absolute Gasteiger partial charge is 0.481 e. The van der Waals surface area contributed by atoms with Crippen LogP contribution in [0.15, 0.2) is 0 Å². The number of carbonyl (C=O) groups is 1. The van der Waals surface area contributed by atoms with Gasteiger partial charge in [0, 0.05) is 6.04 Å². The number of rotatable bonds is 2. The highest BCUT2D eigenvalue weighted by atomic mass is 16.4. The molecule has 0 aromatic rings. The Hall–Kier alpha value is -0.570. The maximum absolute atomic E-state index is 11.0. The smallest absolute Gasteiger partial charge is 0.308 e. The standard InChI is InChI=1S/C11H19NO2/c13-11(14)9-6-7-12-10(9)8-4-2-1-3-5-8/h8-10,12H,1-7H2,(H,13,14)/t9-,10+/m0/s1. The van der Waals surface area contributed by atoms with Crippen molar-refractivity contribution in [2.24, 2.45) is 11.8 Å². The topological polar surface area (TPSA) is 49.3 Å². The number of nitrogens with one attached hydrogen (secondary N) is 1. The first-order chi connectivity index (χ1) is 6.79. The second-order valence-electron chi connectivity index (χ2n) is 4.61. The Morgan fingerprint density at radius 2 is 1.86 bits per heavy atom. The minimum Gasteiger partial charge on any atom is -0.481 e. The third kappa shape index (κ3) is 1.92. The van der Waals surface area contributed by atoms with Crippen LogP contribution >= 0.6 is 0 Å². The van der Waals surface area contributed by atoms with Crippen molar-refractivity contribution in [2.45, 2.75) is 44.6 Å². The fourth-order valence-electron chi connectivity index (χ4n) is 2.99. The summed E-state index contributed by atoms with van der Waals surface area (Å²) < 4.78 is 0. The third-order valence-electron chi connectivity index (χ3n) is 3.74. The highest BCUT2D eigenvalue weighted by Gasteiger charge is 2.37. The zero-order valence-corrected chi connectivity index (χ0v) is 8.54. The van der Waals surface area contributed by atoms with E-state index in [2.05, 4.69) is 5.32 Å². The monoisotopic (exact) mass is 197 g/mol. The van der Waals surface area contributed by atoms with E-state index in [-0.39, 0.29) is 12.0 Å². The van der Waals surface area contributed by atoms with Crippen molar-refractivity contribution in [1.29, 1.82) is 0 Å². The van der Waals surface area contributed by atoms with Gasteiger partial charge in [0.15, 0.2) is 0 Å². The van der Waals surface area contributed by atoms with E-state index in [1.54, 1.807) is 0 Å². The average Bonchev–Trinajstić information content (AvgIpc) is 2.67. The van der Waals surface area contributed by atoms with E-state index < -0.39 is 5.97 Å². The van der Waals surface area contributed by atoms with Crippen LogP contribution in [-0.2, 0) is 4.79 Å². The molecule has 0 bridgehead atoms. The molecule has 1 aliphatic carbocycles. The third-order valence-corrected chi connectivity index (χ3v) is 3.74. The first kappa shape index (κ1) is 9.97. The summed E-state index contributed by atoms with van der Waals surface area (Å²) in [5.41, 5.74) is 0. The molecular formula is C11H19NO2. The summed E-state index contributed by atoms with van der Waals surface area (Å²) in [7, 11) is 0. The van der Waals surface area contributed by atoms with Crippen LogP contribution in [0.5, 0.6) is 0 Å². The van der Waals surface area contributed by atoms with Gasteiger partial charge in [-0.2, -0.15) is 0 Å². The Labute approximate surface area is 84.9 Å². The van der Waals surface area contributed by atoms with Crippen molar-refractivity contribution in [3.8, 4) is 0 Å². The Bertz CT molecular complexity index is 211. The highest BCUT2D eigenvalue weighted by molar-refractivity contribution is 5.71. The van der Waals surface area contributed by atoms with Crippen LogP contribution in [0.25, 0.3) is 0 Å². The first-order valence-corrected chi connectivity index (χ1v) is 5.75. The van der Waals surface area contributed by atoms with Crippen LogP contribution in [0.3, 0.4) is 0 Å². The molecule has 0 aromatic heterocycles. The van der Waals surface area contributed by atoms with Crippen LogP contribution in [-0.4, -0.2) is 23.7 Å². The van der Waals surface area contributed by atoms with Gasteiger partial charge in [0.25, 0.3) is 0 Å². The molecule has 1 saturated carbocycles. The van der Waals surface area contributed by atoms with Crippen molar-refractivity contribution < 1.29 is 9.90 Å². The second-order valence-corrected chi connectivity index (χ2v) is 4.61. The minimum absolute atomic E-state index is 0.127. The van der Waals surface area contributed by atoms with E-state index in [0.29, 0.717) is 5.92 Å². The van der Waals surface area contributed by atoms with Crippen molar-refractivity contribution in [3.63, 3.8) is 0 Å². The van der Waals surface area contributed by atoms with E-state index >= 15 is 0 Å². The van der Waals surface area contributed by atoms with Gasteiger partial charge in [0.1, 0.15) is 0 Å². The lowest BCUT2D eigenvalue weighted by molar-refractivity contribution is -0.142. The molecule has 14 heavy (non-hydrogen) atoms. The maximum Gasteiger partial charge on any atom is 0.308 e. The molecule has 2 rings (SSSR count). The van der Waals surface area contributed by atoms with Crippen LogP contribution in [0, 0.1) is 11.8 Å². The highest BCUT2D eigenvalue weighted by Crippen LogP contribution is 2.32. The van der Waals surface area contributed by atoms with Gasteiger partial charge in [0.2, 0.25) is 0 Å². The summed E-state index contributed by atoms with van der Waals surface area (Å²) >= 11 is 0. The molecule has 3 heteroatoms. The molecular weight excluding hydrogens is 178 g/mol. The van der Waals surface area contributed by atoms with Gasteiger partial charge in [-0.3, -0.25) is 4.79 Å². The molecule has 0 unspecified atom stereocenters. The van der Waals surface area contributed by atoms with Crippen LogP contribution in [0.1, 0.15) is 38.5 Å². The number of carboxylic acid groups (broad SMARTS) is 1. The van der Waals surface area contributed by atoms with Gasteiger partial charge in [0.05, 0.1) is 5.92 Å². The molecule has 2 aliphatic rings. The number of carboxylic acids is 1. The van der Waals surface area contributed by atoms with Crippen molar-refractivity contribution in [2.75, 3.05) is 6.54 Å². The van der Waals surface area contributed by atoms with E-state index in [1.165, 1.54) is 32.1 Å². The predicted molar refractivity (Wildman–Crippen MR) is 54.1 cm³/mol. The number of hydrogen-bond acceptors (Lipinski definition) is 2. The van der Waals surface area contributed by atoms with Crippen molar-refractivity contribution in [1.82, 2.24) is 5.32 Å². The summed E-state index contributed by atoms with van der Waals surface area (Å²) in [6.07, 6.45) is 7.17. The summed E-state index contributed by atoms with van der Waals surface area (Å²) in [6, 6.07) is 0.257. The molecule has 1 aliphatic heterocycles. The Kier molecular flexibility index (Phi) is 3.06. The van der Waals surface area contributed by atoms with E-state index in [0.717, 1.165) is 13.0 Å². The number of hydrogen-bond donors (Lipinski definition) is 2. The molecule has 0 amide bonds. The van der Waals surface area contributed by atoms with Crippen molar-refractivity contribution >= 4 is 5.97 Å². The lowest BCUT2D eigenvalue weighted by Crippen LogP contribution is -2.39. The van der Waals surface area contributed by atoms with E-state index in [9.17, 15) is 4.79 Å². The molecule has 1 heterocycles. The predicted octanol–water partition coefficient (Wildman–Crippen LogP) is 1.63. The lowest BCUT2D eigenvalue weighted by atomic mass is 9.79. The maximum atomic E-state index is 11.0. The fourth-order valence-corrected chi connectivity index (χ4v) is 2.99. The quantitative estimate of drug-likeness (QED) is 0.707. The zero-order valence-electron chi connectivity index (χ0n) is 8.54. The summed E-state index contributed by atoms with van der Waals surface area (Å²) in [5, 5.41) is 12.5. The fraction of sp³-hybridized carbons (Fsp3) is 0.909. The van der Waals surface area contributed by atoms with Crippen LogP contribution in [0.4, 0.5) is 0 Å². The van der Waals surface area contributed by atoms with Crippen LogP contribution < -0.4 is 5.32 Å². The van der Waals surface area contributed by atoms with E-state index in [1.807, 2.05) is 0 Å². The normalized spacial score (nSPS) is 34.6. The average molecular weight is 197 g/mol. The van der Waals surface area contributed by atoms with Gasteiger partial charge in [-0.25, -0.2) is 0 Å². The van der Waals surface area contributed by atoms with Gasteiger partial charge in [-0.05, 0) is 31.7 Å². The first-order valence-electron chi connectivity index (χ1n) is 5.75.